The lowest BCUT2D eigenvalue weighted by Crippen LogP contribution is -2.15. The summed E-state index contributed by atoms with van der Waals surface area (Å²) in [5.41, 5.74) is 2.71. The van der Waals surface area contributed by atoms with Crippen molar-refractivity contribution in [3.8, 4) is 5.75 Å². The monoisotopic (exact) mass is 333 g/mol. The van der Waals surface area contributed by atoms with Crippen molar-refractivity contribution < 1.29 is 14.6 Å². The largest absolute Gasteiger partial charge is 0.495 e. The number of carboxylic acids is 1. The van der Waals surface area contributed by atoms with Crippen LogP contribution in [-0.4, -0.2) is 32.3 Å². The Labute approximate surface area is 141 Å². The van der Waals surface area contributed by atoms with E-state index in [1.54, 1.807) is 18.2 Å². The molecule has 23 heavy (non-hydrogen) atoms. The number of carbonyl (C=O) groups is 1. The molecule has 0 saturated heterocycles. The van der Waals surface area contributed by atoms with E-state index in [-0.39, 0.29) is 0 Å². The predicted molar refractivity (Wildman–Crippen MR) is 92.9 cm³/mol. The van der Waals surface area contributed by atoms with Crippen molar-refractivity contribution in [2.45, 2.75) is 12.3 Å². The Hall–Kier alpha value is -2.20. The Bertz CT molecular complexity index is 683. The van der Waals surface area contributed by atoms with Gasteiger partial charge in [-0.2, -0.15) is 0 Å². The SMILES string of the molecule is COc1ccc(C(Cc2ccc(N(C)C)cc2)C(=O)O)cc1Cl. The summed E-state index contributed by atoms with van der Waals surface area (Å²) in [5, 5.41) is 9.98. The van der Waals surface area contributed by atoms with Gasteiger partial charge in [-0.15, -0.1) is 0 Å². The maximum absolute atomic E-state index is 11.7. The summed E-state index contributed by atoms with van der Waals surface area (Å²) >= 11 is 6.11. The Kier molecular flexibility index (Phi) is 5.50. The molecule has 0 amide bonds. The van der Waals surface area contributed by atoms with Gasteiger partial charge in [0.2, 0.25) is 0 Å². The zero-order chi connectivity index (χ0) is 17.0. The molecular weight excluding hydrogens is 314 g/mol. The van der Waals surface area contributed by atoms with Gasteiger partial charge in [-0.1, -0.05) is 29.8 Å². The molecule has 4 nitrogen and oxygen atoms in total. The molecule has 0 saturated carbocycles. The number of nitrogens with zero attached hydrogens (tertiary/aromatic N) is 1. The molecule has 0 fully saturated rings. The fraction of sp³-hybridized carbons (Fsp3) is 0.278. The van der Waals surface area contributed by atoms with Gasteiger partial charge in [0.1, 0.15) is 5.75 Å². The number of anilines is 1. The molecule has 0 aliphatic carbocycles. The number of aliphatic carboxylic acids is 1. The average Bonchev–Trinajstić information content (AvgIpc) is 2.52. The number of halogens is 1. The third-order valence-electron chi connectivity index (χ3n) is 3.77. The molecule has 0 heterocycles. The molecule has 0 spiro atoms. The van der Waals surface area contributed by atoms with Crippen LogP contribution in [0.15, 0.2) is 42.5 Å². The number of hydrogen-bond acceptors (Lipinski definition) is 3. The van der Waals surface area contributed by atoms with Gasteiger partial charge in [0, 0.05) is 19.8 Å². The molecule has 1 atom stereocenters. The Balaban J connectivity index is 2.25. The van der Waals surface area contributed by atoms with Gasteiger partial charge < -0.3 is 14.7 Å². The first-order valence-corrected chi connectivity index (χ1v) is 7.62. The topological polar surface area (TPSA) is 49.8 Å². The van der Waals surface area contributed by atoms with Crippen LogP contribution in [-0.2, 0) is 11.2 Å². The summed E-state index contributed by atoms with van der Waals surface area (Å²) < 4.78 is 5.11. The minimum Gasteiger partial charge on any atom is -0.495 e. The number of hydrogen-bond donors (Lipinski definition) is 1. The molecule has 1 unspecified atom stereocenters. The van der Waals surface area contributed by atoms with Crippen LogP contribution in [0.1, 0.15) is 17.0 Å². The van der Waals surface area contributed by atoms with Crippen LogP contribution < -0.4 is 9.64 Å². The van der Waals surface area contributed by atoms with Crippen LogP contribution in [0.25, 0.3) is 0 Å². The Morgan fingerprint density at radius 2 is 1.87 bits per heavy atom. The van der Waals surface area contributed by atoms with Crippen LogP contribution in [0.4, 0.5) is 5.69 Å². The number of rotatable bonds is 6. The number of benzene rings is 2. The summed E-state index contributed by atoms with van der Waals surface area (Å²) in [6.45, 7) is 0. The van der Waals surface area contributed by atoms with E-state index >= 15 is 0 Å². The van der Waals surface area contributed by atoms with Crippen molar-refractivity contribution in [1.82, 2.24) is 0 Å². The molecule has 5 heteroatoms. The van der Waals surface area contributed by atoms with Gasteiger partial charge in [0.25, 0.3) is 0 Å². The van der Waals surface area contributed by atoms with Gasteiger partial charge in [-0.3, -0.25) is 4.79 Å². The van der Waals surface area contributed by atoms with Crippen molar-refractivity contribution in [3.05, 3.63) is 58.6 Å². The van der Waals surface area contributed by atoms with Crippen molar-refractivity contribution in [3.63, 3.8) is 0 Å². The van der Waals surface area contributed by atoms with E-state index < -0.39 is 11.9 Å². The van der Waals surface area contributed by atoms with Crippen LogP contribution in [0.3, 0.4) is 0 Å². The van der Waals surface area contributed by atoms with Gasteiger partial charge in [-0.05, 0) is 41.8 Å². The molecule has 0 radical (unpaired) electrons. The normalized spacial score (nSPS) is 11.8. The minimum atomic E-state index is -0.872. The van der Waals surface area contributed by atoms with E-state index in [1.807, 2.05) is 43.3 Å². The molecule has 0 bridgehead atoms. The van der Waals surface area contributed by atoms with Crippen molar-refractivity contribution in [2.75, 3.05) is 26.1 Å². The zero-order valence-electron chi connectivity index (χ0n) is 13.4. The fourth-order valence-electron chi connectivity index (χ4n) is 2.41. The first-order valence-electron chi connectivity index (χ1n) is 7.25. The quantitative estimate of drug-likeness (QED) is 0.873. The molecule has 2 aromatic carbocycles. The van der Waals surface area contributed by atoms with Gasteiger partial charge in [-0.25, -0.2) is 0 Å². The van der Waals surface area contributed by atoms with Crippen molar-refractivity contribution in [2.24, 2.45) is 0 Å². The van der Waals surface area contributed by atoms with E-state index in [0.29, 0.717) is 22.8 Å². The Morgan fingerprint density at radius 3 is 2.35 bits per heavy atom. The van der Waals surface area contributed by atoms with Gasteiger partial charge in [0.05, 0.1) is 18.1 Å². The molecular formula is C18H20ClNO3. The lowest BCUT2D eigenvalue weighted by atomic mass is 9.92. The van der Waals surface area contributed by atoms with Crippen molar-refractivity contribution in [1.29, 1.82) is 0 Å². The number of ether oxygens (including phenoxy) is 1. The van der Waals surface area contributed by atoms with Crippen LogP contribution in [0.5, 0.6) is 5.75 Å². The number of methoxy groups -OCH3 is 1. The molecule has 0 aromatic heterocycles. The Morgan fingerprint density at radius 1 is 1.22 bits per heavy atom. The first kappa shape index (κ1) is 17.2. The van der Waals surface area contributed by atoms with Crippen LogP contribution in [0, 0.1) is 0 Å². The fourth-order valence-corrected chi connectivity index (χ4v) is 2.68. The highest BCUT2D eigenvalue weighted by atomic mass is 35.5. The molecule has 0 aliphatic rings. The standard InChI is InChI=1S/C18H20ClNO3/c1-20(2)14-7-4-12(5-8-14)10-15(18(21)22)13-6-9-17(23-3)16(19)11-13/h4-9,11,15H,10H2,1-3H3,(H,21,22). The average molecular weight is 334 g/mol. The maximum Gasteiger partial charge on any atom is 0.311 e. The van der Waals surface area contributed by atoms with E-state index in [1.165, 1.54) is 7.11 Å². The molecule has 2 aromatic rings. The maximum atomic E-state index is 11.7. The molecule has 122 valence electrons. The smallest absolute Gasteiger partial charge is 0.311 e. The van der Waals surface area contributed by atoms with E-state index in [9.17, 15) is 9.90 Å². The first-order chi connectivity index (χ1) is 10.9. The lowest BCUT2D eigenvalue weighted by Gasteiger charge is -2.16. The van der Waals surface area contributed by atoms with E-state index in [2.05, 4.69) is 0 Å². The summed E-state index contributed by atoms with van der Waals surface area (Å²) in [5.74, 6) is -0.985. The highest BCUT2D eigenvalue weighted by molar-refractivity contribution is 6.32. The number of carboxylic acid groups (broad SMARTS) is 1. The lowest BCUT2D eigenvalue weighted by molar-refractivity contribution is -0.138. The van der Waals surface area contributed by atoms with Crippen molar-refractivity contribution >= 4 is 23.3 Å². The molecule has 1 N–H and O–H groups in total. The van der Waals surface area contributed by atoms with E-state index in [0.717, 1.165) is 11.3 Å². The van der Waals surface area contributed by atoms with Crippen LogP contribution in [0.2, 0.25) is 5.02 Å². The minimum absolute atomic E-state index is 0.408. The highest BCUT2D eigenvalue weighted by Gasteiger charge is 2.21. The van der Waals surface area contributed by atoms with Crippen LogP contribution >= 0.6 is 11.6 Å². The summed E-state index contributed by atoms with van der Waals surface area (Å²) in [6, 6.07) is 13.0. The van der Waals surface area contributed by atoms with E-state index in [4.69, 9.17) is 16.3 Å². The summed E-state index contributed by atoms with van der Waals surface area (Å²) in [6.07, 6.45) is 0.408. The second-order valence-electron chi connectivity index (χ2n) is 5.55. The zero-order valence-corrected chi connectivity index (χ0v) is 14.2. The van der Waals surface area contributed by atoms with Gasteiger partial charge >= 0.3 is 5.97 Å². The second-order valence-corrected chi connectivity index (χ2v) is 5.96. The molecule has 2 rings (SSSR count). The highest BCUT2D eigenvalue weighted by Crippen LogP contribution is 2.30. The third kappa shape index (κ3) is 4.17. The third-order valence-corrected chi connectivity index (χ3v) is 4.06. The summed E-state index contributed by atoms with van der Waals surface area (Å²) in [7, 11) is 5.46. The predicted octanol–water partition coefficient (Wildman–Crippen LogP) is 3.83. The summed E-state index contributed by atoms with van der Waals surface area (Å²) in [4.78, 5) is 13.7. The molecule has 0 aliphatic heterocycles. The van der Waals surface area contributed by atoms with Gasteiger partial charge in [0.15, 0.2) is 0 Å². The second kappa shape index (κ2) is 7.38.